The number of rotatable bonds is 9. The van der Waals surface area contributed by atoms with Gasteiger partial charge in [-0.1, -0.05) is 0 Å². The quantitative estimate of drug-likeness (QED) is 0.386. The number of alkyl halides is 2. The largest absolute Gasteiger partial charge is 0.489 e. The van der Waals surface area contributed by atoms with Gasteiger partial charge in [0.15, 0.2) is 6.10 Å². The summed E-state index contributed by atoms with van der Waals surface area (Å²) in [4.78, 5) is 40.0. The van der Waals surface area contributed by atoms with Gasteiger partial charge in [-0.25, -0.2) is 18.7 Å². The Kier molecular flexibility index (Phi) is 9.43. The summed E-state index contributed by atoms with van der Waals surface area (Å²) in [6.45, 7) is 0.304. The van der Waals surface area contributed by atoms with Gasteiger partial charge in [0.2, 0.25) is 11.8 Å². The highest BCUT2D eigenvalue weighted by Gasteiger charge is 2.33. The molecule has 1 atom stereocenters. The number of pyridine rings is 1. The first-order chi connectivity index (χ1) is 20.1. The van der Waals surface area contributed by atoms with Crippen LogP contribution in [0.2, 0.25) is 0 Å². The molecule has 0 radical (unpaired) electrons. The van der Waals surface area contributed by atoms with Crippen molar-refractivity contribution in [2.24, 2.45) is 0 Å². The minimum Gasteiger partial charge on any atom is -0.489 e. The van der Waals surface area contributed by atoms with Crippen LogP contribution >= 0.6 is 0 Å². The highest BCUT2D eigenvalue weighted by atomic mass is 19.3. The highest BCUT2D eigenvalue weighted by Crippen LogP contribution is 2.29. The number of aliphatic hydroxyl groups is 1. The van der Waals surface area contributed by atoms with E-state index in [4.69, 9.17) is 9.47 Å². The van der Waals surface area contributed by atoms with Crippen LogP contribution < -0.4 is 14.8 Å². The highest BCUT2D eigenvalue weighted by molar-refractivity contribution is 5.96. The Morgan fingerprint density at radius 2 is 1.90 bits per heavy atom. The monoisotopic (exact) mass is 581 g/mol. The number of hydrogen-bond donors (Lipinski definition) is 2. The van der Waals surface area contributed by atoms with E-state index in [-0.39, 0.29) is 42.5 Å². The number of methoxy groups -OCH3 is 1. The molecule has 0 unspecified atom stereocenters. The molecule has 2 amide bonds. The third-order valence-corrected chi connectivity index (χ3v) is 6.52. The van der Waals surface area contributed by atoms with E-state index >= 15 is 0 Å². The number of hydrogen-bond acceptors (Lipinski definition) is 10. The Bertz CT molecular complexity index is 1490. The molecule has 1 aromatic carbocycles. The Hall–Kier alpha value is -4.90. The number of anilines is 2. The van der Waals surface area contributed by atoms with Crippen molar-refractivity contribution >= 4 is 23.6 Å². The number of piperidine rings is 1. The van der Waals surface area contributed by atoms with Crippen molar-refractivity contribution in [1.82, 2.24) is 24.8 Å². The molecule has 1 fully saturated rings. The first kappa shape index (κ1) is 30.1. The van der Waals surface area contributed by atoms with Crippen molar-refractivity contribution in [2.45, 2.75) is 31.5 Å². The van der Waals surface area contributed by atoms with E-state index in [1.165, 1.54) is 16.9 Å². The fourth-order valence-corrected chi connectivity index (χ4v) is 4.31. The van der Waals surface area contributed by atoms with Crippen molar-refractivity contribution in [1.29, 1.82) is 5.26 Å². The molecule has 1 aliphatic heterocycles. The van der Waals surface area contributed by atoms with E-state index in [0.717, 1.165) is 0 Å². The molecule has 0 spiro atoms. The summed E-state index contributed by atoms with van der Waals surface area (Å²) in [6.07, 6.45) is -3.55. The van der Waals surface area contributed by atoms with Gasteiger partial charge in [-0.15, -0.1) is 0 Å². The third-order valence-electron chi connectivity index (χ3n) is 6.52. The number of nitrogens with one attached hydrogen (secondary N) is 1. The second-order valence-electron chi connectivity index (χ2n) is 9.59. The molecule has 2 aromatic heterocycles. The predicted molar refractivity (Wildman–Crippen MR) is 147 cm³/mol. The number of carbonyl (C=O) groups is 2. The van der Waals surface area contributed by atoms with Gasteiger partial charge >= 0.3 is 0 Å². The summed E-state index contributed by atoms with van der Waals surface area (Å²) in [6, 6.07) is 12.0. The van der Waals surface area contributed by atoms with Crippen LogP contribution in [0.25, 0.3) is 11.3 Å². The second-order valence-corrected chi connectivity index (χ2v) is 9.59. The van der Waals surface area contributed by atoms with Crippen LogP contribution in [0.1, 0.15) is 28.8 Å². The zero-order valence-corrected chi connectivity index (χ0v) is 23.1. The number of aromatic nitrogens is 3. The van der Waals surface area contributed by atoms with E-state index < -0.39 is 18.4 Å². The van der Waals surface area contributed by atoms with Crippen LogP contribution in [0.4, 0.5) is 20.5 Å². The van der Waals surface area contributed by atoms with Crippen molar-refractivity contribution in [3.63, 3.8) is 0 Å². The topological polar surface area (TPSA) is 154 Å². The number of likely N-dealkylation sites (tertiary alicyclic amines) is 1. The lowest BCUT2D eigenvalue weighted by Gasteiger charge is -2.33. The smallest absolute Gasteiger partial charge is 0.273 e. The first-order valence-electron chi connectivity index (χ1n) is 12.9. The minimum absolute atomic E-state index is 0.145. The lowest BCUT2D eigenvalue weighted by molar-refractivity contribution is -0.150. The zero-order chi connectivity index (χ0) is 30.4. The van der Waals surface area contributed by atoms with Gasteiger partial charge in [-0.2, -0.15) is 10.2 Å². The van der Waals surface area contributed by atoms with Gasteiger partial charge in [-0.05, 0) is 36.4 Å². The molecule has 0 saturated carbocycles. The molecular formula is C28H29F2N7O5. The molecule has 3 heterocycles. The van der Waals surface area contributed by atoms with Crippen molar-refractivity contribution in [3.8, 4) is 29.0 Å². The van der Waals surface area contributed by atoms with Crippen molar-refractivity contribution in [3.05, 3.63) is 53.7 Å². The molecule has 12 nitrogen and oxygen atoms in total. The Morgan fingerprint density at radius 1 is 1.17 bits per heavy atom. The summed E-state index contributed by atoms with van der Waals surface area (Å²) in [5.41, 5.74) is 1.72. The normalized spacial score (nSPS) is 14.2. The Labute approximate surface area is 240 Å². The van der Waals surface area contributed by atoms with Crippen LogP contribution in [0.5, 0.6) is 11.6 Å². The first-order valence-corrected chi connectivity index (χ1v) is 12.9. The van der Waals surface area contributed by atoms with E-state index in [1.807, 2.05) is 0 Å². The molecule has 42 heavy (non-hydrogen) atoms. The zero-order valence-electron chi connectivity index (χ0n) is 23.1. The number of carbonyl (C=O) groups excluding carboxylic acids is 2. The fraction of sp³-hybridized carbons (Fsp3) is 0.357. The molecule has 220 valence electrons. The number of nitrogens with zero attached hydrogens (tertiary/aromatic N) is 6. The SMILES string of the molecule is COc1nc(Nc2nccc(-c3ccc(OC4CCN(C(=O)[C@H](O)C(F)F)CC4)c(C#N)c3)n2)ccc1C(=O)N(C)C. The van der Waals surface area contributed by atoms with Gasteiger partial charge in [0, 0.05) is 51.8 Å². The standard InChI is InChI=1S/C28H29F2N7O5/c1-36(2)26(39)19-5-7-22(34-25(19)41-3)35-28-32-11-8-20(33-28)16-4-6-21(17(14-16)15-31)42-18-9-12-37(13-10-18)27(40)23(38)24(29)30/h4-8,11,14,18,23-24,38H,9-10,12-13H2,1-3H3,(H,32,33,34,35)/t23-/m1/s1. The van der Waals surface area contributed by atoms with E-state index in [0.29, 0.717) is 41.2 Å². The lowest BCUT2D eigenvalue weighted by Crippen LogP contribution is -2.47. The third kappa shape index (κ3) is 6.87. The van der Waals surface area contributed by atoms with Gasteiger partial charge in [-0.3, -0.25) is 9.59 Å². The summed E-state index contributed by atoms with van der Waals surface area (Å²) in [5, 5.41) is 22.1. The number of ether oxygens (including phenoxy) is 2. The maximum atomic E-state index is 12.7. The number of amides is 2. The Balaban J connectivity index is 1.45. The van der Waals surface area contributed by atoms with E-state index in [2.05, 4.69) is 26.3 Å². The van der Waals surface area contributed by atoms with Gasteiger partial charge in [0.25, 0.3) is 18.2 Å². The molecule has 1 aliphatic rings. The molecule has 2 N–H and O–H groups in total. The number of halogens is 2. The fourth-order valence-electron chi connectivity index (χ4n) is 4.31. The van der Waals surface area contributed by atoms with Crippen LogP contribution in [0.3, 0.4) is 0 Å². The molecule has 3 aromatic rings. The summed E-state index contributed by atoms with van der Waals surface area (Å²) < 4.78 is 36.6. The number of nitriles is 1. The number of aliphatic hydroxyl groups excluding tert-OH is 1. The minimum atomic E-state index is -3.14. The summed E-state index contributed by atoms with van der Waals surface area (Å²) in [5.74, 6) is -0.185. The van der Waals surface area contributed by atoms with Crippen LogP contribution in [0, 0.1) is 11.3 Å². The summed E-state index contributed by atoms with van der Waals surface area (Å²) >= 11 is 0. The molecule has 4 rings (SSSR count). The Morgan fingerprint density at radius 3 is 2.55 bits per heavy atom. The predicted octanol–water partition coefficient (Wildman–Crippen LogP) is 2.86. The van der Waals surface area contributed by atoms with Gasteiger partial charge < -0.3 is 29.7 Å². The molecule has 0 bridgehead atoms. The lowest BCUT2D eigenvalue weighted by atomic mass is 10.1. The van der Waals surface area contributed by atoms with Crippen LogP contribution in [0.15, 0.2) is 42.6 Å². The maximum absolute atomic E-state index is 12.7. The maximum Gasteiger partial charge on any atom is 0.273 e. The van der Waals surface area contributed by atoms with E-state index in [9.17, 15) is 28.7 Å². The van der Waals surface area contributed by atoms with Crippen molar-refractivity contribution < 1.29 is 33.0 Å². The number of benzene rings is 1. The average molecular weight is 582 g/mol. The van der Waals surface area contributed by atoms with Crippen molar-refractivity contribution in [2.75, 3.05) is 39.6 Å². The van der Waals surface area contributed by atoms with E-state index in [1.54, 1.807) is 56.7 Å². The molecule has 0 aliphatic carbocycles. The second kappa shape index (κ2) is 13.2. The molecule has 14 heteroatoms. The molecule has 1 saturated heterocycles. The average Bonchev–Trinajstić information content (AvgIpc) is 3.00. The van der Waals surface area contributed by atoms with Gasteiger partial charge in [0.05, 0.1) is 18.4 Å². The molecular weight excluding hydrogens is 552 g/mol. The van der Waals surface area contributed by atoms with Crippen LogP contribution in [-0.4, -0.2) is 94.6 Å². The van der Waals surface area contributed by atoms with Crippen LogP contribution in [-0.2, 0) is 4.79 Å². The summed E-state index contributed by atoms with van der Waals surface area (Å²) in [7, 11) is 4.68. The van der Waals surface area contributed by atoms with Gasteiger partial charge in [0.1, 0.15) is 29.3 Å².